The van der Waals surface area contributed by atoms with Gasteiger partial charge in [0, 0.05) is 6.54 Å². The van der Waals surface area contributed by atoms with Crippen molar-refractivity contribution >= 4 is 18.4 Å². The standard InChI is InChI=1S/C31H35NO3.ClH/c1-2-35-29(33)30(26-12-4-3-5-13-26)18-21-32(22-19-30)23-20-31(34)27-14-8-6-10-24(27)16-17-25-11-7-9-15-28(25)31;/h3-15,34H,2,16-23H2,1H3;1H. The SMILES string of the molecule is CCOC(=O)C1(c2ccccc2)CCN(CCC2(O)c3ccccc3CCc3ccccc32)CC1.Cl. The molecule has 4 nitrogen and oxygen atoms in total. The fraction of sp³-hybridized carbons (Fsp3) is 0.387. The second-order valence-corrected chi connectivity index (χ2v) is 9.93. The maximum Gasteiger partial charge on any atom is 0.316 e. The summed E-state index contributed by atoms with van der Waals surface area (Å²) in [5.41, 5.74) is 3.97. The molecule has 0 bridgehead atoms. The quantitative estimate of drug-likeness (QED) is 0.454. The van der Waals surface area contributed by atoms with Gasteiger partial charge in [0.15, 0.2) is 0 Å². The molecule has 3 aromatic rings. The molecule has 2 aliphatic rings. The minimum Gasteiger partial charge on any atom is -0.465 e. The van der Waals surface area contributed by atoms with E-state index in [1.54, 1.807) is 0 Å². The van der Waals surface area contributed by atoms with Gasteiger partial charge in [0.05, 0.1) is 12.0 Å². The van der Waals surface area contributed by atoms with Crippen LogP contribution >= 0.6 is 12.4 Å². The van der Waals surface area contributed by atoms with Crippen LogP contribution in [0.15, 0.2) is 78.9 Å². The Morgan fingerprint density at radius 3 is 1.94 bits per heavy atom. The molecule has 0 spiro atoms. The van der Waals surface area contributed by atoms with E-state index in [1.807, 2.05) is 37.3 Å². The van der Waals surface area contributed by atoms with Crippen molar-refractivity contribution in [2.45, 2.75) is 50.0 Å². The molecular weight excluding hydrogens is 470 g/mol. The van der Waals surface area contributed by atoms with Crippen LogP contribution in [0.5, 0.6) is 0 Å². The lowest BCUT2D eigenvalue weighted by Gasteiger charge is -2.41. The fourth-order valence-corrected chi connectivity index (χ4v) is 6.08. The van der Waals surface area contributed by atoms with E-state index < -0.39 is 11.0 Å². The van der Waals surface area contributed by atoms with Crippen LogP contribution in [0.2, 0.25) is 0 Å². The largest absolute Gasteiger partial charge is 0.465 e. The van der Waals surface area contributed by atoms with E-state index in [2.05, 4.69) is 53.4 Å². The van der Waals surface area contributed by atoms with Crippen LogP contribution in [0.25, 0.3) is 0 Å². The monoisotopic (exact) mass is 505 g/mol. The third kappa shape index (κ3) is 4.82. The number of nitrogens with zero attached hydrogens (tertiary/aromatic N) is 1. The number of aryl methyl sites for hydroxylation is 2. The van der Waals surface area contributed by atoms with E-state index in [4.69, 9.17) is 4.74 Å². The highest BCUT2D eigenvalue weighted by molar-refractivity contribution is 5.85. The van der Waals surface area contributed by atoms with Crippen LogP contribution in [0.1, 0.15) is 54.0 Å². The summed E-state index contributed by atoms with van der Waals surface area (Å²) in [5.74, 6) is -0.115. The van der Waals surface area contributed by atoms with Gasteiger partial charge in [0.1, 0.15) is 5.60 Å². The summed E-state index contributed by atoms with van der Waals surface area (Å²) in [6.07, 6.45) is 3.96. The van der Waals surface area contributed by atoms with Gasteiger partial charge in [-0.3, -0.25) is 4.79 Å². The van der Waals surface area contributed by atoms with Gasteiger partial charge in [-0.15, -0.1) is 12.4 Å². The summed E-state index contributed by atoms with van der Waals surface area (Å²) in [6, 6.07) is 26.8. The molecule has 0 aromatic heterocycles. The second kappa shape index (κ2) is 11.2. The molecule has 1 aliphatic carbocycles. The molecule has 5 rings (SSSR count). The summed E-state index contributed by atoms with van der Waals surface area (Å²) in [4.78, 5) is 15.5. The first kappa shape index (κ1) is 26.4. The van der Waals surface area contributed by atoms with Crippen LogP contribution in [0, 0.1) is 0 Å². The number of halogens is 1. The topological polar surface area (TPSA) is 49.8 Å². The van der Waals surface area contributed by atoms with Gasteiger partial charge in [0.2, 0.25) is 0 Å². The van der Waals surface area contributed by atoms with Crippen LogP contribution in [0.3, 0.4) is 0 Å². The number of aliphatic hydroxyl groups is 1. The van der Waals surface area contributed by atoms with E-state index >= 15 is 0 Å². The Morgan fingerprint density at radius 2 is 1.39 bits per heavy atom. The Morgan fingerprint density at radius 1 is 0.861 bits per heavy atom. The van der Waals surface area contributed by atoms with Crippen molar-refractivity contribution in [3.63, 3.8) is 0 Å². The van der Waals surface area contributed by atoms with Crippen molar-refractivity contribution in [3.8, 4) is 0 Å². The molecule has 1 saturated heterocycles. The Hall–Kier alpha value is -2.66. The molecule has 1 fully saturated rings. The molecular formula is C31H36ClNO3. The zero-order valence-electron chi connectivity index (χ0n) is 21.0. The zero-order chi connectivity index (χ0) is 24.3. The van der Waals surface area contributed by atoms with Gasteiger partial charge in [-0.2, -0.15) is 0 Å². The number of hydrogen-bond acceptors (Lipinski definition) is 4. The average Bonchev–Trinajstić information content (AvgIpc) is 3.04. The molecule has 3 aromatic carbocycles. The summed E-state index contributed by atoms with van der Waals surface area (Å²) in [5, 5.41) is 12.2. The molecule has 1 heterocycles. The van der Waals surface area contributed by atoms with Crippen molar-refractivity contribution < 1.29 is 14.6 Å². The molecule has 0 atom stereocenters. The predicted octanol–water partition coefficient (Wildman–Crippen LogP) is 5.43. The van der Waals surface area contributed by atoms with Gasteiger partial charge in [-0.1, -0.05) is 78.9 Å². The number of rotatable bonds is 6. The number of carbonyl (C=O) groups is 1. The summed E-state index contributed by atoms with van der Waals surface area (Å²) in [7, 11) is 0. The normalized spacial score (nSPS) is 18.2. The molecule has 1 aliphatic heterocycles. The number of fused-ring (bicyclic) bond motifs is 2. The van der Waals surface area contributed by atoms with Crippen LogP contribution in [-0.2, 0) is 33.4 Å². The van der Waals surface area contributed by atoms with Gasteiger partial charge < -0.3 is 14.7 Å². The number of carbonyl (C=O) groups excluding carboxylic acids is 1. The van der Waals surface area contributed by atoms with Gasteiger partial charge in [-0.05, 0) is 79.9 Å². The van der Waals surface area contributed by atoms with Crippen molar-refractivity contribution in [2.24, 2.45) is 0 Å². The van der Waals surface area contributed by atoms with Crippen LogP contribution in [-0.4, -0.2) is 42.2 Å². The fourth-order valence-electron chi connectivity index (χ4n) is 6.08. The van der Waals surface area contributed by atoms with E-state index in [0.717, 1.165) is 62.0 Å². The molecule has 0 radical (unpaired) electrons. The lowest BCUT2D eigenvalue weighted by Crippen LogP contribution is -2.49. The highest BCUT2D eigenvalue weighted by Gasteiger charge is 2.45. The minimum absolute atomic E-state index is 0. The van der Waals surface area contributed by atoms with Gasteiger partial charge >= 0.3 is 5.97 Å². The van der Waals surface area contributed by atoms with E-state index in [1.165, 1.54) is 11.1 Å². The molecule has 1 N–H and O–H groups in total. The number of benzene rings is 3. The predicted molar refractivity (Wildman–Crippen MR) is 146 cm³/mol. The lowest BCUT2D eigenvalue weighted by molar-refractivity contribution is -0.152. The Labute approximate surface area is 220 Å². The molecule has 190 valence electrons. The number of piperidine rings is 1. The number of hydrogen-bond donors (Lipinski definition) is 1. The summed E-state index contributed by atoms with van der Waals surface area (Å²) >= 11 is 0. The van der Waals surface area contributed by atoms with Crippen molar-refractivity contribution in [3.05, 3.63) is 107 Å². The zero-order valence-corrected chi connectivity index (χ0v) is 21.8. The van der Waals surface area contributed by atoms with E-state index in [9.17, 15) is 9.90 Å². The Bertz CT molecular complexity index is 1120. The summed E-state index contributed by atoms with van der Waals surface area (Å²) in [6.45, 7) is 4.63. The van der Waals surface area contributed by atoms with Crippen LogP contribution < -0.4 is 0 Å². The lowest BCUT2D eigenvalue weighted by atomic mass is 9.72. The first-order valence-electron chi connectivity index (χ1n) is 12.9. The first-order valence-corrected chi connectivity index (χ1v) is 12.9. The molecule has 0 amide bonds. The smallest absolute Gasteiger partial charge is 0.316 e. The second-order valence-electron chi connectivity index (χ2n) is 9.93. The van der Waals surface area contributed by atoms with E-state index in [0.29, 0.717) is 13.0 Å². The van der Waals surface area contributed by atoms with E-state index in [-0.39, 0.29) is 18.4 Å². The number of ether oxygens (including phenoxy) is 1. The van der Waals surface area contributed by atoms with Crippen LogP contribution in [0.4, 0.5) is 0 Å². The van der Waals surface area contributed by atoms with Gasteiger partial charge in [-0.25, -0.2) is 0 Å². The summed E-state index contributed by atoms with van der Waals surface area (Å²) < 4.78 is 5.54. The first-order chi connectivity index (χ1) is 17.1. The maximum absolute atomic E-state index is 13.1. The minimum atomic E-state index is -1.02. The number of likely N-dealkylation sites (tertiary alicyclic amines) is 1. The van der Waals surface area contributed by atoms with Crippen molar-refractivity contribution in [1.82, 2.24) is 4.90 Å². The Kier molecular flexibility index (Phi) is 8.19. The van der Waals surface area contributed by atoms with Gasteiger partial charge in [0.25, 0.3) is 0 Å². The average molecular weight is 506 g/mol. The number of esters is 1. The Balaban J connectivity index is 0.00000304. The third-order valence-corrected chi connectivity index (χ3v) is 8.08. The van der Waals surface area contributed by atoms with Crippen molar-refractivity contribution in [1.29, 1.82) is 0 Å². The molecule has 36 heavy (non-hydrogen) atoms. The van der Waals surface area contributed by atoms with Crippen molar-refractivity contribution in [2.75, 3.05) is 26.2 Å². The highest BCUT2D eigenvalue weighted by Crippen LogP contribution is 2.41. The maximum atomic E-state index is 13.1. The third-order valence-electron chi connectivity index (χ3n) is 8.08. The molecule has 0 saturated carbocycles. The molecule has 5 heteroatoms. The highest BCUT2D eigenvalue weighted by atomic mass is 35.5. The molecule has 0 unspecified atom stereocenters.